The van der Waals surface area contributed by atoms with Gasteiger partial charge >= 0.3 is 0 Å². The molecule has 0 aliphatic carbocycles. The molecule has 4 nitrogen and oxygen atoms in total. The van der Waals surface area contributed by atoms with E-state index in [4.69, 9.17) is 15.2 Å². The quantitative estimate of drug-likeness (QED) is 0.769. The van der Waals surface area contributed by atoms with Gasteiger partial charge in [-0.2, -0.15) is 0 Å². The Morgan fingerprint density at radius 3 is 2.36 bits per heavy atom. The normalized spacial score (nSPS) is 12.3. The number of methoxy groups -OCH3 is 2. The highest BCUT2D eigenvalue weighted by Crippen LogP contribution is 2.36. The van der Waals surface area contributed by atoms with Crippen LogP contribution in [0.5, 0.6) is 17.2 Å². The van der Waals surface area contributed by atoms with Crippen LogP contribution in [0.25, 0.3) is 0 Å². The molecule has 78 valence electrons. The molecule has 4 heteroatoms. The minimum Gasteiger partial charge on any atom is -0.507 e. The fourth-order valence-electron chi connectivity index (χ4n) is 1.33. The summed E-state index contributed by atoms with van der Waals surface area (Å²) >= 11 is 0. The molecule has 3 N–H and O–H groups in total. The molecule has 0 spiro atoms. The predicted octanol–water partition coefficient (Wildman–Crippen LogP) is 1.43. The zero-order valence-electron chi connectivity index (χ0n) is 8.57. The molecule has 14 heavy (non-hydrogen) atoms. The van der Waals surface area contributed by atoms with Gasteiger partial charge < -0.3 is 20.3 Å². The Kier molecular flexibility index (Phi) is 3.19. The lowest BCUT2D eigenvalue weighted by molar-refractivity contribution is 0.376. The molecule has 0 aromatic heterocycles. The van der Waals surface area contributed by atoms with Gasteiger partial charge in [-0.3, -0.25) is 0 Å². The maximum Gasteiger partial charge on any atom is 0.131 e. The zero-order chi connectivity index (χ0) is 10.7. The van der Waals surface area contributed by atoms with Crippen LogP contribution in [0.15, 0.2) is 12.1 Å². The number of aromatic hydroxyl groups is 1. The molecular weight excluding hydrogens is 182 g/mol. The van der Waals surface area contributed by atoms with Crippen molar-refractivity contribution in [1.82, 2.24) is 0 Å². The van der Waals surface area contributed by atoms with Crippen LogP contribution in [0.2, 0.25) is 0 Å². The minimum absolute atomic E-state index is 0.0937. The van der Waals surface area contributed by atoms with E-state index in [0.29, 0.717) is 17.1 Å². The largest absolute Gasteiger partial charge is 0.507 e. The summed E-state index contributed by atoms with van der Waals surface area (Å²) in [5.41, 5.74) is 6.29. The highest BCUT2D eigenvalue weighted by atomic mass is 16.5. The van der Waals surface area contributed by atoms with E-state index in [1.807, 2.05) is 0 Å². The van der Waals surface area contributed by atoms with Gasteiger partial charge in [0.2, 0.25) is 0 Å². The molecule has 0 saturated heterocycles. The second kappa shape index (κ2) is 4.19. The second-order valence-electron chi connectivity index (χ2n) is 3.05. The highest BCUT2D eigenvalue weighted by molar-refractivity contribution is 5.51. The van der Waals surface area contributed by atoms with Crippen LogP contribution in [0.4, 0.5) is 0 Å². The SMILES string of the molecule is COc1cc(O)c(C(C)N)c(OC)c1. The van der Waals surface area contributed by atoms with Crippen molar-refractivity contribution in [3.8, 4) is 17.2 Å². The van der Waals surface area contributed by atoms with Crippen molar-refractivity contribution in [2.75, 3.05) is 14.2 Å². The number of benzene rings is 1. The van der Waals surface area contributed by atoms with E-state index >= 15 is 0 Å². The molecule has 0 saturated carbocycles. The van der Waals surface area contributed by atoms with Gasteiger partial charge in [0.25, 0.3) is 0 Å². The summed E-state index contributed by atoms with van der Waals surface area (Å²) in [5, 5.41) is 9.66. The van der Waals surface area contributed by atoms with Crippen LogP contribution in [0, 0.1) is 0 Å². The highest BCUT2D eigenvalue weighted by Gasteiger charge is 2.14. The van der Waals surface area contributed by atoms with Gasteiger partial charge in [-0.15, -0.1) is 0 Å². The fourth-order valence-corrected chi connectivity index (χ4v) is 1.33. The van der Waals surface area contributed by atoms with Crippen LogP contribution in [0.1, 0.15) is 18.5 Å². The monoisotopic (exact) mass is 197 g/mol. The molecule has 0 aliphatic rings. The summed E-state index contributed by atoms with van der Waals surface area (Å²) in [4.78, 5) is 0. The lowest BCUT2D eigenvalue weighted by Crippen LogP contribution is -2.07. The number of phenolic OH excluding ortho intramolecular Hbond substituents is 1. The summed E-state index contributed by atoms with van der Waals surface area (Å²) in [7, 11) is 3.06. The van der Waals surface area contributed by atoms with E-state index in [1.54, 1.807) is 13.0 Å². The Morgan fingerprint density at radius 2 is 1.93 bits per heavy atom. The first kappa shape index (κ1) is 10.7. The lowest BCUT2D eigenvalue weighted by atomic mass is 10.1. The molecule has 1 aromatic rings. The van der Waals surface area contributed by atoms with Crippen molar-refractivity contribution >= 4 is 0 Å². The summed E-state index contributed by atoms with van der Waals surface area (Å²) in [5.74, 6) is 1.18. The first-order valence-electron chi connectivity index (χ1n) is 4.30. The van der Waals surface area contributed by atoms with Gasteiger partial charge in [-0.25, -0.2) is 0 Å². The Labute approximate surface area is 83.3 Å². The van der Waals surface area contributed by atoms with Gasteiger partial charge in [0, 0.05) is 18.2 Å². The van der Waals surface area contributed by atoms with Crippen LogP contribution in [0.3, 0.4) is 0 Å². The number of ether oxygens (including phenoxy) is 2. The molecule has 0 bridgehead atoms. The molecular formula is C10H15NO3. The molecule has 0 aliphatic heterocycles. The van der Waals surface area contributed by atoms with Crippen LogP contribution in [-0.2, 0) is 0 Å². The molecule has 0 radical (unpaired) electrons. The zero-order valence-corrected chi connectivity index (χ0v) is 8.57. The van der Waals surface area contributed by atoms with E-state index in [9.17, 15) is 5.11 Å². The number of nitrogens with two attached hydrogens (primary N) is 1. The molecule has 0 heterocycles. The molecule has 1 atom stereocenters. The number of hydrogen-bond acceptors (Lipinski definition) is 4. The number of rotatable bonds is 3. The maximum atomic E-state index is 9.66. The average Bonchev–Trinajstić information content (AvgIpc) is 2.15. The summed E-state index contributed by atoms with van der Waals surface area (Å²) in [6.07, 6.45) is 0. The molecule has 0 amide bonds. The van der Waals surface area contributed by atoms with Gasteiger partial charge in [0.15, 0.2) is 0 Å². The van der Waals surface area contributed by atoms with E-state index in [0.717, 1.165) is 0 Å². The van der Waals surface area contributed by atoms with Crippen LogP contribution >= 0.6 is 0 Å². The molecule has 1 rings (SSSR count). The smallest absolute Gasteiger partial charge is 0.131 e. The summed E-state index contributed by atoms with van der Waals surface area (Å²) in [6.45, 7) is 1.78. The number of hydrogen-bond donors (Lipinski definition) is 2. The predicted molar refractivity (Wildman–Crippen MR) is 53.8 cm³/mol. The third-order valence-corrected chi connectivity index (χ3v) is 2.00. The summed E-state index contributed by atoms with van der Waals surface area (Å²) in [6, 6.07) is 2.93. The third kappa shape index (κ3) is 1.90. The first-order chi connectivity index (χ1) is 6.60. The fraction of sp³-hybridized carbons (Fsp3) is 0.400. The van der Waals surface area contributed by atoms with Crippen LogP contribution < -0.4 is 15.2 Å². The first-order valence-corrected chi connectivity index (χ1v) is 4.30. The van der Waals surface area contributed by atoms with Crippen molar-refractivity contribution in [2.24, 2.45) is 5.73 Å². The van der Waals surface area contributed by atoms with E-state index < -0.39 is 0 Å². The standard InChI is InChI=1S/C10H15NO3/c1-6(11)10-8(12)4-7(13-2)5-9(10)14-3/h4-6,12H,11H2,1-3H3. The van der Waals surface area contributed by atoms with Gasteiger partial charge in [0.1, 0.15) is 17.2 Å². The molecule has 1 unspecified atom stereocenters. The van der Waals surface area contributed by atoms with Gasteiger partial charge in [-0.05, 0) is 6.92 Å². The van der Waals surface area contributed by atoms with E-state index in [-0.39, 0.29) is 11.8 Å². The van der Waals surface area contributed by atoms with Crippen LogP contribution in [-0.4, -0.2) is 19.3 Å². The van der Waals surface area contributed by atoms with E-state index in [2.05, 4.69) is 0 Å². The molecule has 0 fully saturated rings. The van der Waals surface area contributed by atoms with Crippen molar-refractivity contribution in [3.63, 3.8) is 0 Å². The summed E-state index contributed by atoms with van der Waals surface area (Å²) < 4.78 is 10.1. The maximum absolute atomic E-state index is 9.66. The van der Waals surface area contributed by atoms with Crippen molar-refractivity contribution in [3.05, 3.63) is 17.7 Å². The van der Waals surface area contributed by atoms with E-state index in [1.165, 1.54) is 20.3 Å². The topological polar surface area (TPSA) is 64.7 Å². The van der Waals surface area contributed by atoms with Gasteiger partial charge in [0.05, 0.1) is 19.8 Å². The second-order valence-corrected chi connectivity index (χ2v) is 3.05. The Hall–Kier alpha value is -1.42. The van der Waals surface area contributed by atoms with Gasteiger partial charge in [-0.1, -0.05) is 0 Å². The third-order valence-electron chi connectivity index (χ3n) is 2.00. The van der Waals surface area contributed by atoms with Crippen molar-refractivity contribution in [2.45, 2.75) is 13.0 Å². The Morgan fingerprint density at radius 1 is 1.29 bits per heavy atom. The van der Waals surface area contributed by atoms with Crippen molar-refractivity contribution < 1.29 is 14.6 Å². The average molecular weight is 197 g/mol. The van der Waals surface area contributed by atoms with Crippen molar-refractivity contribution in [1.29, 1.82) is 0 Å². The minimum atomic E-state index is -0.282. The Balaban J connectivity index is 3.27. The Bertz CT molecular complexity index is 323. The number of phenols is 1. The molecule has 1 aromatic carbocycles. The lowest BCUT2D eigenvalue weighted by Gasteiger charge is -2.14.